The molecule has 0 bridgehead atoms. The van der Waals surface area contributed by atoms with Gasteiger partial charge < -0.3 is 9.53 Å². The van der Waals surface area contributed by atoms with Gasteiger partial charge in [-0.2, -0.15) is 0 Å². The van der Waals surface area contributed by atoms with Gasteiger partial charge in [0.25, 0.3) is 0 Å². The summed E-state index contributed by atoms with van der Waals surface area (Å²) in [5.41, 5.74) is 0.500. The van der Waals surface area contributed by atoms with Crippen LogP contribution in [0.15, 0.2) is 23.2 Å². The number of rotatable bonds is 4. The number of aldehydes is 1. The van der Waals surface area contributed by atoms with Gasteiger partial charge in [0.1, 0.15) is 22.9 Å². The molecule has 0 saturated heterocycles. The number of aryl methyl sites for hydroxylation is 1. The number of carbonyl (C=O) groups excluding carboxylic acids is 1. The van der Waals surface area contributed by atoms with Gasteiger partial charge in [-0.05, 0) is 25.1 Å². The number of fused-ring (bicyclic) bond motifs is 1. The molecule has 0 amide bonds. The summed E-state index contributed by atoms with van der Waals surface area (Å²) in [4.78, 5) is 18.7. The molecule has 0 atom stereocenters. The van der Waals surface area contributed by atoms with Crippen molar-refractivity contribution in [2.24, 2.45) is 0 Å². The number of alkyl halides is 3. The second-order valence-corrected chi connectivity index (χ2v) is 4.79. The summed E-state index contributed by atoms with van der Waals surface area (Å²) in [5.74, 6) is 0.302. The number of nitrogens with zero attached hydrogens (tertiary/aromatic N) is 2. The van der Waals surface area contributed by atoms with Gasteiger partial charge in [0.05, 0.1) is 11.3 Å². The maximum absolute atomic E-state index is 12.2. The predicted molar refractivity (Wildman–Crippen MR) is 67.7 cm³/mol. The molecular formula is C12H9F3N2O2S. The first kappa shape index (κ1) is 14.6. The first-order chi connectivity index (χ1) is 9.39. The molecular weight excluding hydrogens is 293 g/mol. The summed E-state index contributed by atoms with van der Waals surface area (Å²) in [6.45, 7) is 1.67. The maximum Gasteiger partial charge on any atom is 0.573 e. The molecule has 0 radical (unpaired) electrons. The van der Waals surface area contributed by atoms with Gasteiger partial charge in [0, 0.05) is 5.39 Å². The first-order valence-corrected chi connectivity index (χ1v) is 6.48. The fourth-order valence-corrected chi connectivity index (χ4v) is 2.35. The lowest BCUT2D eigenvalue weighted by atomic mass is 10.2. The highest BCUT2D eigenvalue weighted by atomic mass is 32.2. The van der Waals surface area contributed by atoms with Crippen LogP contribution in [0.4, 0.5) is 13.2 Å². The van der Waals surface area contributed by atoms with Crippen LogP contribution in [-0.4, -0.2) is 28.4 Å². The van der Waals surface area contributed by atoms with Crippen LogP contribution in [0.5, 0.6) is 5.75 Å². The van der Waals surface area contributed by atoms with E-state index >= 15 is 0 Å². The smallest absolute Gasteiger partial charge is 0.406 e. The van der Waals surface area contributed by atoms with Gasteiger partial charge in [-0.1, -0.05) is 11.8 Å². The van der Waals surface area contributed by atoms with Crippen LogP contribution in [0.1, 0.15) is 5.82 Å². The lowest BCUT2D eigenvalue weighted by Gasteiger charge is -2.10. The number of halogens is 3. The van der Waals surface area contributed by atoms with E-state index in [2.05, 4.69) is 14.7 Å². The number of hydrogen-bond donors (Lipinski definition) is 0. The summed E-state index contributed by atoms with van der Waals surface area (Å²) < 4.78 is 40.5. The van der Waals surface area contributed by atoms with Crippen LogP contribution in [0.3, 0.4) is 0 Å². The van der Waals surface area contributed by atoms with Gasteiger partial charge in [0.2, 0.25) is 0 Å². The standard InChI is InChI=1S/C12H9F3N2O2S/c1-7-16-10-3-2-8(19-12(13,14)15)6-9(10)11(17-7)20-5-4-18/h2-4,6H,5H2,1H3. The Hall–Kier alpha value is -1.83. The van der Waals surface area contributed by atoms with E-state index in [0.29, 0.717) is 28.0 Å². The molecule has 0 fully saturated rings. The molecule has 0 aliphatic rings. The Bertz CT molecular complexity index is 646. The molecule has 0 unspecified atom stereocenters. The van der Waals surface area contributed by atoms with Crippen LogP contribution >= 0.6 is 11.8 Å². The van der Waals surface area contributed by atoms with Crippen LogP contribution < -0.4 is 4.74 Å². The van der Waals surface area contributed by atoms with Gasteiger partial charge in [0.15, 0.2) is 0 Å². The molecule has 2 rings (SSSR count). The molecule has 0 aliphatic heterocycles. The minimum Gasteiger partial charge on any atom is -0.406 e. The molecule has 4 nitrogen and oxygen atoms in total. The van der Waals surface area contributed by atoms with Crippen molar-refractivity contribution in [2.45, 2.75) is 18.3 Å². The average molecular weight is 302 g/mol. The summed E-state index contributed by atoms with van der Waals surface area (Å²) in [7, 11) is 0. The maximum atomic E-state index is 12.2. The minimum atomic E-state index is -4.75. The molecule has 20 heavy (non-hydrogen) atoms. The van der Waals surface area contributed by atoms with E-state index in [1.165, 1.54) is 18.2 Å². The van der Waals surface area contributed by atoms with Gasteiger partial charge in [-0.3, -0.25) is 0 Å². The zero-order valence-electron chi connectivity index (χ0n) is 10.3. The Kier molecular flexibility index (Phi) is 4.12. The van der Waals surface area contributed by atoms with E-state index in [9.17, 15) is 18.0 Å². The molecule has 0 saturated carbocycles. The molecule has 1 aromatic heterocycles. The first-order valence-electron chi connectivity index (χ1n) is 5.49. The Morgan fingerprint density at radius 1 is 1.35 bits per heavy atom. The van der Waals surface area contributed by atoms with E-state index < -0.39 is 6.36 Å². The largest absolute Gasteiger partial charge is 0.573 e. The molecule has 0 aliphatic carbocycles. The fraction of sp³-hybridized carbons (Fsp3) is 0.250. The highest BCUT2D eigenvalue weighted by Gasteiger charge is 2.31. The zero-order chi connectivity index (χ0) is 14.8. The third kappa shape index (κ3) is 3.60. The quantitative estimate of drug-likeness (QED) is 0.493. The number of aromatic nitrogens is 2. The van der Waals surface area contributed by atoms with Gasteiger partial charge >= 0.3 is 6.36 Å². The lowest BCUT2D eigenvalue weighted by molar-refractivity contribution is -0.274. The Labute approximate surface area is 116 Å². The number of thioether (sulfide) groups is 1. The third-order valence-electron chi connectivity index (χ3n) is 2.27. The molecule has 1 aromatic carbocycles. The van der Waals surface area contributed by atoms with Crippen LogP contribution in [0.2, 0.25) is 0 Å². The van der Waals surface area contributed by atoms with Gasteiger partial charge in [-0.15, -0.1) is 13.2 Å². The van der Waals surface area contributed by atoms with Crippen molar-refractivity contribution in [3.05, 3.63) is 24.0 Å². The summed E-state index contributed by atoms with van der Waals surface area (Å²) in [6, 6.07) is 3.84. The van der Waals surface area contributed by atoms with Crippen molar-refractivity contribution in [1.82, 2.24) is 9.97 Å². The van der Waals surface area contributed by atoms with Crippen molar-refractivity contribution in [3.63, 3.8) is 0 Å². The zero-order valence-corrected chi connectivity index (χ0v) is 11.1. The number of benzene rings is 1. The Balaban J connectivity index is 2.48. The molecule has 8 heteroatoms. The van der Waals surface area contributed by atoms with E-state index in [4.69, 9.17) is 0 Å². The topological polar surface area (TPSA) is 52.1 Å². The van der Waals surface area contributed by atoms with E-state index in [1.807, 2.05) is 0 Å². The van der Waals surface area contributed by atoms with Crippen molar-refractivity contribution < 1.29 is 22.7 Å². The molecule has 0 spiro atoms. The molecule has 2 aromatic rings. The molecule has 0 N–H and O–H groups in total. The second kappa shape index (κ2) is 5.66. The average Bonchev–Trinajstić information content (AvgIpc) is 2.34. The molecule has 1 heterocycles. The van der Waals surface area contributed by atoms with Crippen LogP contribution in [-0.2, 0) is 4.79 Å². The van der Waals surface area contributed by atoms with Crippen molar-refractivity contribution in [3.8, 4) is 5.75 Å². The predicted octanol–water partition coefficient (Wildman–Crippen LogP) is 3.13. The number of hydrogen-bond acceptors (Lipinski definition) is 5. The summed E-state index contributed by atoms with van der Waals surface area (Å²) >= 11 is 1.13. The van der Waals surface area contributed by atoms with E-state index in [-0.39, 0.29) is 11.5 Å². The highest BCUT2D eigenvalue weighted by molar-refractivity contribution is 8.00. The number of carbonyl (C=O) groups is 1. The monoisotopic (exact) mass is 302 g/mol. The molecule has 106 valence electrons. The third-order valence-corrected chi connectivity index (χ3v) is 3.15. The normalized spacial score (nSPS) is 11.6. The lowest BCUT2D eigenvalue weighted by Crippen LogP contribution is -2.17. The Morgan fingerprint density at radius 2 is 2.10 bits per heavy atom. The summed E-state index contributed by atoms with van der Waals surface area (Å²) in [6.07, 6.45) is -4.06. The van der Waals surface area contributed by atoms with Gasteiger partial charge in [-0.25, -0.2) is 9.97 Å². The fourth-order valence-electron chi connectivity index (χ4n) is 1.61. The van der Waals surface area contributed by atoms with Crippen molar-refractivity contribution in [2.75, 3.05) is 5.75 Å². The Morgan fingerprint density at radius 3 is 2.75 bits per heavy atom. The second-order valence-electron chi connectivity index (χ2n) is 3.78. The highest BCUT2D eigenvalue weighted by Crippen LogP contribution is 2.30. The van der Waals surface area contributed by atoms with Crippen molar-refractivity contribution in [1.29, 1.82) is 0 Å². The van der Waals surface area contributed by atoms with E-state index in [0.717, 1.165) is 11.8 Å². The SMILES string of the molecule is Cc1nc(SCC=O)c2cc(OC(F)(F)F)ccc2n1. The van der Waals surface area contributed by atoms with Crippen LogP contribution in [0.25, 0.3) is 10.9 Å². The summed E-state index contributed by atoms with van der Waals surface area (Å²) in [5, 5.41) is 0.872. The van der Waals surface area contributed by atoms with Crippen molar-refractivity contribution >= 4 is 29.0 Å². The van der Waals surface area contributed by atoms with E-state index in [1.54, 1.807) is 6.92 Å². The minimum absolute atomic E-state index is 0.163. The van der Waals surface area contributed by atoms with Crippen LogP contribution in [0, 0.1) is 6.92 Å². The number of ether oxygens (including phenoxy) is 1.